The molecule has 1 amide bonds. The zero-order valence-electron chi connectivity index (χ0n) is 87.6. The number of phenols is 1. The number of carbonyl (C=O) groups excluding carboxylic acids is 2. The van der Waals surface area contributed by atoms with Crippen molar-refractivity contribution < 1.29 is 140 Å². The predicted molar refractivity (Wildman–Crippen MR) is 579 cm³/mol. The van der Waals surface area contributed by atoms with Gasteiger partial charge in [0, 0.05) is 50.1 Å². The zero-order valence-corrected chi connectivity index (χ0v) is 87.6. The van der Waals surface area contributed by atoms with Gasteiger partial charge < -0.3 is 163 Å². The van der Waals surface area contributed by atoms with Crippen LogP contribution in [0.25, 0.3) is 10.9 Å². The Balaban J connectivity index is 1.63. The van der Waals surface area contributed by atoms with E-state index in [9.17, 15) is 112 Å². The Labute approximate surface area is 873 Å². The van der Waals surface area contributed by atoms with Gasteiger partial charge in [0.2, 0.25) is 100 Å². The van der Waals surface area contributed by atoms with Crippen molar-refractivity contribution in [1.29, 1.82) is 10.8 Å². The molecule has 1 saturated heterocycles. The first-order valence-corrected chi connectivity index (χ1v) is 50.5. The van der Waals surface area contributed by atoms with Gasteiger partial charge in [-0.3, -0.25) is 25.4 Å². The van der Waals surface area contributed by atoms with Crippen LogP contribution in [-0.4, -0.2) is 447 Å². The summed E-state index contributed by atoms with van der Waals surface area (Å²) in [5.41, 5.74) is 19.3. The minimum absolute atomic E-state index is 0.00103. The number of unbranched alkanes of at least 4 members (excludes halogenated alkanes) is 4. The van der Waals surface area contributed by atoms with Gasteiger partial charge in [0.1, 0.15) is 91.9 Å². The molecule has 0 radical (unpaired) electrons. The van der Waals surface area contributed by atoms with Crippen LogP contribution in [0.2, 0.25) is 0 Å². The number of aliphatic hydroxyl groups is 19. The standard InChI is InChI=1S/C99H163N23O28/c1-58(2)46-72(88(133)109-54-83(129)122-37-21-28-78(122)97(142)115-71(26-15-19-35-102)91(136)113-69(25-14-18-34-101)90(135)114-70(89(134)112-68(86(104)131)24-13-17-33-100)27-16-20-36-106-82(128)57-149-45-44-148-43-42-147-41-40-146-39-38-145-10)116-92(137)73(47-59(3)4)117-94(139)75(49-63-29-31-65(125)32-30-63)111-81(127)53-108-87(132)61(7)110-96(141)77(56-123)120-95(140)76(51-80(103)126)118-93(138)74(48-60(5)6)119-99(144)85(62(8)124)121-98(143)79(150-84(130)55-105-9)50-64-52-107-67-23-12-11-22-66(64)67/h11-12,22-23,29-32,52,58-62,68-79,85,105,107,123-125H,13-21,24-28,33-51,53-57,100-102H2,1-10H3,(H2,103,126)(H2,104,131)(H,106,128)(H,108,132)(H,109,133)(H,110,141)(H,111,127)(H,112,134)(H,113,136)(H,114,135)(H,115,142)(H,116,137)(H,117,139)(H,118,138)(H,119,144)(H,120,140)(H,121,143)/t61-,62+,68-,69-,70-,71-,72-,73-,74-,75-,76-,77-,78-,79-,85-/m0/s1. The summed E-state index contributed by atoms with van der Waals surface area (Å²) in [7, 11) is 3.09. The van der Waals surface area contributed by atoms with Crippen LogP contribution in [0.5, 0.6) is 5.75 Å². The average Bonchev–Trinajstić information content (AvgIpc) is 1.77. The van der Waals surface area contributed by atoms with Gasteiger partial charge in [0.25, 0.3) is 0 Å². The molecule has 3 aromatic rings. The number of likely N-dealkylation sites (tertiary alicyclic amines) is 1. The summed E-state index contributed by atoms with van der Waals surface area (Å²) < 4.78 is 32.3. The van der Waals surface area contributed by atoms with Crippen LogP contribution >= 0.6 is 0 Å². The average molecular weight is 2120 g/mol. The number of likely N-dealkylation sites (N-methyl/N-ethyl adjacent to an activating group) is 1. The SMILES string of the molecule is CNCC(=O)O[C@@H](Cc1c[nH]c2ccccc12)C(O)=N[C@H](C(O)=N[C@@H](CC(C)C)C(O)=N[C@@H](CC(=N)O)C(O)=N[C@@H](CO)C(O)=N[C@@H](C)C(O)=NCC(O)=N[C@@H](Cc1ccc(O)cc1)C(O)=N[C@@H](CC(C)C)C(O)=N[C@@H](CC(C)C)C(O)=NCC(=O)N1CCC[C@H]1C(O)=N[C@@H](CCCCN)C(O)=N[C@@H](CCCCN)C(O)=N[C@@H](CCCCN=C(O)COCCOCCOCCOCCOC)C(O)=N[C@@H](CCCCN)C(=N)O)[C@@H](C)O. The molecule has 1 aliphatic rings. The highest BCUT2D eigenvalue weighted by Crippen LogP contribution is 2.27. The number of aromatic nitrogens is 1. The van der Waals surface area contributed by atoms with Gasteiger partial charge in [-0.15, -0.1) is 0 Å². The van der Waals surface area contributed by atoms with Gasteiger partial charge in [0.05, 0.1) is 78.5 Å². The van der Waals surface area contributed by atoms with Crippen molar-refractivity contribution in [2.75, 3.05) is 133 Å². The number of esters is 1. The molecule has 30 N–H and O–H groups in total. The number of ether oxygens (including phenoxy) is 6. The van der Waals surface area contributed by atoms with E-state index in [0.717, 1.165) is 10.9 Å². The van der Waals surface area contributed by atoms with Gasteiger partial charge in [-0.1, -0.05) is 71.9 Å². The molecular weight excluding hydrogens is 1960 g/mol. The number of nitrogens with one attached hydrogen (secondary N) is 4. The van der Waals surface area contributed by atoms with Crippen molar-refractivity contribution in [3.8, 4) is 5.75 Å². The number of rotatable bonds is 78. The lowest BCUT2D eigenvalue weighted by molar-refractivity contribution is -0.145. The van der Waals surface area contributed by atoms with Crippen molar-refractivity contribution in [2.24, 2.45) is 110 Å². The third-order valence-corrected chi connectivity index (χ3v) is 22.9. The summed E-state index contributed by atoms with van der Waals surface area (Å²) in [6.45, 7) is 13.8. The number of benzene rings is 2. The summed E-state index contributed by atoms with van der Waals surface area (Å²) in [6, 6.07) is -6.06. The number of hydrogen-bond donors (Lipinski definition) is 27. The first kappa shape index (κ1) is 130. The van der Waals surface area contributed by atoms with Crippen molar-refractivity contribution in [2.45, 2.75) is 275 Å². The van der Waals surface area contributed by atoms with Crippen molar-refractivity contribution in [3.63, 3.8) is 0 Å². The minimum atomic E-state index is -1.88. The number of aromatic hydroxyl groups is 1. The molecule has 2 aromatic carbocycles. The molecule has 0 saturated carbocycles. The molecule has 0 unspecified atom stereocenters. The van der Waals surface area contributed by atoms with E-state index in [-0.39, 0.29) is 153 Å². The molecule has 1 fully saturated rings. The first-order valence-electron chi connectivity index (χ1n) is 50.5. The lowest BCUT2D eigenvalue weighted by atomic mass is 10.0. The third-order valence-electron chi connectivity index (χ3n) is 22.9. The summed E-state index contributed by atoms with van der Waals surface area (Å²) in [5, 5.41) is 245. The van der Waals surface area contributed by atoms with E-state index >= 15 is 0 Å². The van der Waals surface area contributed by atoms with Crippen LogP contribution in [0.1, 0.15) is 182 Å². The van der Waals surface area contributed by atoms with E-state index in [2.05, 4.69) is 85.2 Å². The van der Waals surface area contributed by atoms with Gasteiger partial charge in [0.15, 0.2) is 24.1 Å². The summed E-state index contributed by atoms with van der Waals surface area (Å²) in [5.74, 6) is -15.9. The summed E-state index contributed by atoms with van der Waals surface area (Å²) in [6.07, 6.45) is 1.36. The van der Waals surface area contributed by atoms with Crippen molar-refractivity contribution in [1.82, 2.24) is 15.2 Å². The maximum Gasteiger partial charge on any atom is 0.320 e. The normalized spacial score (nSPS) is 17.8. The third kappa shape index (κ3) is 50.3. The predicted octanol–water partition coefficient (Wildman–Crippen LogP) is 8.81. The summed E-state index contributed by atoms with van der Waals surface area (Å²) >= 11 is 0. The second-order valence-corrected chi connectivity index (χ2v) is 37.1. The number of hydrogen-bond acceptors (Lipinski definition) is 32. The molecule has 842 valence electrons. The number of aliphatic hydroxyl groups excluding tert-OH is 19. The smallest absolute Gasteiger partial charge is 0.320 e. The number of para-hydroxylation sites is 1. The van der Waals surface area contributed by atoms with Gasteiger partial charge in [-0.25, -0.2) is 69.9 Å². The fourth-order valence-corrected chi connectivity index (χ4v) is 15.1. The van der Waals surface area contributed by atoms with Crippen LogP contribution in [0, 0.1) is 28.6 Å². The maximum absolute atomic E-state index is 14.3. The molecule has 1 aromatic heterocycles. The molecule has 0 bridgehead atoms. The second kappa shape index (κ2) is 71.9. The largest absolute Gasteiger partial charge is 0.508 e. The zero-order chi connectivity index (χ0) is 111. The minimum Gasteiger partial charge on any atom is -0.508 e. The Bertz CT molecular complexity index is 5020. The summed E-state index contributed by atoms with van der Waals surface area (Å²) in [4.78, 5) is 95.0. The number of carbonyl (C=O) groups is 2. The molecule has 0 spiro atoms. The van der Waals surface area contributed by atoms with Crippen LogP contribution in [0.4, 0.5) is 0 Å². The lowest BCUT2D eigenvalue weighted by Gasteiger charge is -2.24. The maximum atomic E-state index is 14.3. The number of aromatic amines is 1. The van der Waals surface area contributed by atoms with E-state index in [1.807, 2.05) is 6.07 Å². The fraction of sp³-hybridized carbons (Fsp3) is 0.667. The van der Waals surface area contributed by atoms with E-state index in [1.54, 1.807) is 73.0 Å². The molecule has 150 heavy (non-hydrogen) atoms. The molecule has 4 rings (SSSR count). The monoisotopic (exact) mass is 2120 g/mol. The van der Waals surface area contributed by atoms with Crippen molar-refractivity contribution >= 4 is 123 Å². The second-order valence-electron chi connectivity index (χ2n) is 37.1. The van der Waals surface area contributed by atoms with Crippen LogP contribution < -0.4 is 22.5 Å². The van der Waals surface area contributed by atoms with Gasteiger partial charge in [-0.05, 0) is 197 Å². The molecule has 51 heteroatoms. The molecule has 0 aliphatic carbocycles. The molecular formula is C99H163N23O28. The Morgan fingerprint density at radius 1 is 0.480 bits per heavy atom. The van der Waals surface area contributed by atoms with Crippen LogP contribution in [0.15, 0.2) is 130 Å². The Hall–Kier alpha value is -12.7. The number of phenolic OH excluding ortho intramolecular Hbond substituents is 1. The first-order chi connectivity index (χ1) is 71.5. The highest BCUT2D eigenvalue weighted by Gasteiger charge is 2.37. The number of fused-ring (bicyclic) bond motifs is 1. The van der Waals surface area contributed by atoms with Gasteiger partial charge >= 0.3 is 5.97 Å². The fourth-order valence-electron chi connectivity index (χ4n) is 15.1. The Morgan fingerprint density at radius 2 is 0.940 bits per heavy atom. The number of nitrogens with zero attached hydrogens (tertiary/aromatic N) is 16. The molecule has 2 heterocycles. The van der Waals surface area contributed by atoms with Gasteiger partial charge in [-0.2, -0.15) is 0 Å². The Kier molecular flexibility index (Phi) is 62.1. The van der Waals surface area contributed by atoms with Crippen molar-refractivity contribution in [3.05, 3.63) is 65.9 Å². The van der Waals surface area contributed by atoms with Crippen LogP contribution in [0.3, 0.4) is 0 Å². The van der Waals surface area contributed by atoms with E-state index < -0.39 is 223 Å². The number of methoxy groups -OCH3 is 1. The van der Waals surface area contributed by atoms with E-state index in [0.29, 0.717) is 109 Å². The topological polar surface area (TPSA) is 836 Å². The highest BCUT2D eigenvalue weighted by molar-refractivity contribution is 5.97. The number of H-pyrrole nitrogens is 1. The molecule has 51 nitrogen and oxygen atoms in total. The van der Waals surface area contributed by atoms with Crippen LogP contribution in [-0.2, 0) is 50.9 Å². The Morgan fingerprint density at radius 3 is 1.46 bits per heavy atom. The lowest BCUT2D eigenvalue weighted by Crippen LogP contribution is -2.42. The quantitative estimate of drug-likeness (QED) is 0.0109. The van der Waals surface area contributed by atoms with E-state index in [1.165, 1.54) is 50.1 Å². The number of aliphatic imine (C=N–C) groups is 15. The molecule has 15 atom stereocenters. The van der Waals surface area contributed by atoms with E-state index in [4.69, 9.17) is 56.4 Å². The number of nitrogens with two attached hydrogens (primary N) is 3. The highest BCUT2D eigenvalue weighted by atomic mass is 16.6. The number of amides is 1. The molecule has 1 aliphatic heterocycles.